The fourth-order valence-corrected chi connectivity index (χ4v) is 3.59. The van der Waals surface area contributed by atoms with Crippen LogP contribution < -0.4 is 5.73 Å². The summed E-state index contributed by atoms with van der Waals surface area (Å²) in [5.41, 5.74) is 9.25. The highest BCUT2D eigenvalue weighted by molar-refractivity contribution is 5.92. The molecule has 142 valence electrons. The van der Waals surface area contributed by atoms with E-state index in [4.69, 9.17) is 5.73 Å². The summed E-state index contributed by atoms with van der Waals surface area (Å²) in [5, 5.41) is 19.2. The minimum atomic E-state index is -0.270. The van der Waals surface area contributed by atoms with Crippen LogP contribution in [0.15, 0.2) is 48.5 Å². The van der Waals surface area contributed by atoms with Crippen molar-refractivity contribution in [1.82, 2.24) is 4.90 Å². The van der Waals surface area contributed by atoms with Crippen LogP contribution in [0.2, 0.25) is 0 Å². The average molecular weight is 366 g/mol. The highest BCUT2D eigenvalue weighted by Gasteiger charge is 2.22. The number of phenols is 1. The highest BCUT2D eigenvalue weighted by atomic mass is 16.3. The third-order valence-electron chi connectivity index (χ3n) is 5.22. The molecule has 0 atom stereocenters. The van der Waals surface area contributed by atoms with Gasteiger partial charge in [-0.25, -0.2) is 0 Å². The summed E-state index contributed by atoms with van der Waals surface area (Å²) < 4.78 is 0. The molecule has 1 amide bonds. The topological polar surface area (TPSA) is 86.8 Å². The minimum Gasteiger partial charge on any atom is -0.508 e. The third kappa shape index (κ3) is 4.56. The molecule has 4 N–H and O–H groups in total. The van der Waals surface area contributed by atoms with Gasteiger partial charge in [0.05, 0.1) is 6.61 Å². The summed E-state index contributed by atoms with van der Waals surface area (Å²) in [6.07, 6.45) is 5.04. The van der Waals surface area contributed by atoms with Crippen molar-refractivity contribution in [2.24, 2.45) is 5.73 Å². The molecule has 0 saturated carbocycles. The number of hydrogen-bond donors (Lipinski definition) is 3. The quantitative estimate of drug-likeness (QED) is 0.710. The number of aromatic hydroxyl groups is 1. The molecule has 0 aromatic heterocycles. The number of carbonyl (C=O) groups excluding carboxylic acids is 1. The van der Waals surface area contributed by atoms with Crippen molar-refractivity contribution in [1.29, 1.82) is 0 Å². The van der Waals surface area contributed by atoms with Crippen LogP contribution in [0.5, 0.6) is 5.75 Å². The van der Waals surface area contributed by atoms with Gasteiger partial charge in [0.1, 0.15) is 5.75 Å². The zero-order chi connectivity index (χ0) is 19.2. The molecule has 0 aliphatic carbocycles. The van der Waals surface area contributed by atoms with E-state index in [1.807, 2.05) is 17.0 Å². The van der Waals surface area contributed by atoms with Crippen LogP contribution >= 0.6 is 0 Å². The highest BCUT2D eigenvalue weighted by Crippen LogP contribution is 2.29. The van der Waals surface area contributed by atoms with Gasteiger partial charge in [0.2, 0.25) is 5.91 Å². The van der Waals surface area contributed by atoms with Crippen molar-refractivity contribution in [2.45, 2.75) is 31.9 Å². The van der Waals surface area contributed by atoms with Gasteiger partial charge in [-0.3, -0.25) is 4.79 Å². The smallest absolute Gasteiger partial charge is 0.246 e. The first-order chi connectivity index (χ1) is 13.1. The number of rotatable bonds is 5. The number of hydrogen-bond acceptors (Lipinski definition) is 4. The van der Waals surface area contributed by atoms with Gasteiger partial charge in [-0.2, -0.15) is 0 Å². The van der Waals surface area contributed by atoms with Crippen molar-refractivity contribution in [2.75, 3.05) is 13.1 Å². The molecule has 2 aromatic carbocycles. The van der Waals surface area contributed by atoms with Gasteiger partial charge in [0.15, 0.2) is 0 Å². The molecule has 1 aliphatic rings. The summed E-state index contributed by atoms with van der Waals surface area (Å²) in [4.78, 5) is 14.3. The molecule has 1 aliphatic heterocycles. The molecule has 0 radical (unpaired) electrons. The van der Waals surface area contributed by atoms with E-state index < -0.39 is 0 Å². The Labute approximate surface area is 159 Å². The SMILES string of the molecule is NCc1cccc(C2CCN(C(=O)C=Cc3cccc(O)c3CO)CC2)c1. The van der Waals surface area contributed by atoms with E-state index in [9.17, 15) is 15.0 Å². The van der Waals surface area contributed by atoms with E-state index in [1.165, 1.54) is 17.7 Å². The van der Waals surface area contributed by atoms with E-state index in [0.717, 1.165) is 18.4 Å². The average Bonchev–Trinajstić information content (AvgIpc) is 2.72. The van der Waals surface area contributed by atoms with Gasteiger partial charge in [-0.15, -0.1) is 0 Å². The van der Waals surface area contributed by atoms with Gasteiger partial charge >= 0.3 is 0 Å². The Morgan fingerprint density at radius 2 is 1.93 bits per heavy atom. The van der Waals surface area contributed by atoms with Crippen molar-refractivity contribution in [3.63, 3.8) is 0 Å². The van der Waals surface area contributed by atoms with Crippen LogP contribution in [-0.2, 0) is 17.9 Å². The monoisotopic (exact) mass is 366 g/mol. The Bertz CT molecular complexity index is 824. The first-order valence-electron chi connectivity index (χ1n) is 9.30. The lowest BCUT2D eigenvalue weighted by atomic mass is 9.88. The van der Waals surface area contributed by atoms with E-state index in [1.54, 1.807) is 18.2 Å². The Balaban J connectivity index is 1.61. The lowest BCUT2D eigenvalue weighted by Crippen LogP contribution is -2.36. The maximum Gasteiger partial charge on any atom is 0.246 e. The van der Waals surface area contributed by atoms with Gasteiger partial charge in [-0.05, 0) is 47.6 Å². The number of nitrogens with zero attached hydrogens (tertiary/aromatic N) is 1. The van der Waals surface area contributed by atoms with E-state index in [2.05, 4.69) is 12.1 Å². The van der Waals surface area contributed by atoms with Gasteiger partial charge in [0.25, 0.3) is 0 Å². The number of piperidine rings is 1. The first kappa shape index (κ1) is 19.1. The fourth-order valence-electron chi connectivity index (χ4n) is 3.59. The maximum atomic E-state index is 12.5. The fraction of sp³-hybridized carbons (Fsp3) is 0.318. The first-order valence-corrected chi connectivity index (χ1v) is 9.30. The van der Waals surface area contributed by atoms with Crippen LogP contribution in [0.3, 0.4) is 0 Å². The second-order valence-electron chi connectivity index (χ2n) is 6.89. The van der Waals surface area contributed by atoms with E-state index in [0.29, 0.717) is 36.7 Å². The minimum absolute atomic E-state index is 0.0348. The van der Waals surface area contributed by atoms with Crippen LogP contribution in [0, 0.1) is 0 Å². The molecule has 27 heavy (non-hydrogen) atoms. The molecule has 0 bridgehead atoms. The number of likely N-dealkylation sites (tertiary alicyclic amines) is 1. The Morgan fingerprint density at radius 3 is 2.63 bits per heavy atom. The van der Waals surface area contributed by atoms with Crippen LogP contribution in [0.25, 0.3) is 6.08 Å². The zero-order valence-electron chi connectivity index (χ0n) is 15.3. The summed E-state index contributed by atoms with van der Waals surface area (Å²) in [6.45, 7) is 1.70. The largest absolute Gasteiger partial charge is 0.508 e. The molecule has 0 unspecified atom stereocenters. The van der Waals surface area contributed by atoms with E-state index in [-0.39, 0.29) is 18.3 Å². The Hall–Kier alpha value is -2.63. The number of aliphatic hydroxyl groups is 1. The van der Waals surface area contributed by atoms with Gasteiger partial charge < -0.3 is 20.8 Å². The maximum absolute atomic E-state index is 12.5. The Morgan fingerprint density at radius 1 is 1.19 bits per heavy atom. The molecule has 1 saturated heterocycles. The molecular formula is C22H26N2O3. The van der Waals surface area contributed by atoms with Gasteiger partial charge in [0, 0.05) is 31.3 Å². The molecule has 0 spiro atoms. The lowest BCUT2D eigenvalue weighted by Gasteiger charge is -2.31. The predicted molar refractivity (Wildman–Crippen MR) is 106 cm³/mol. The predicted octanol–water partition coefficient (Wildman–Crippen LogP) is 2.76. The number of benzene rings is 2. The summed E-state index contributed by atoms with van der Waals surface area (Å²) >= 11 is 0. The molecular weight excluding hydrogens is 340 g/mol. The molecule has 2 aromatic rings. The van der Waals surface area contributed by atoms with Crippen molar-refractivity contribution in [3.05, 3.63) is 70.8 Å². The van der Waals surface area contributed by atoms with Crippen LogP contribution in [0.1, 0.15) is 41.0 Å². The van der Waals surface area contributed by atoms with Gasteiger partial charge in [-0.1, -0.05) is 36.4 Å². The normalized spacial score (nSPS) is 15.4. The van der Waals surface area contributed by atoms with Crippen LogP contribution in [0.4, 0.5) is 0 Å². The second-order valence-corrected chi connectivity index (χ2v) is 6.89. The van der Waals surface area contributed by atoms with Crippen molar-refractivity contribution in [3.8, 4) is 5.75 Å². The second kappa shape index (κ2) is 8.84. The molecule has 5 nitrogen and oxygen atoms in total. The lowest BCUT2D eigenvalue weighted by molar-refractivity contribution is -0.126. The van der Waals surface area contributed by atoms with Crippen molar-refractivity contribution >= 4 is 12.0 Å². The molecule has 1 fully saturated rings. The summed E-state index contributed by atoms with van der Waals surface area (Å²) in [6, 6.07) is 13.4. The number of nitrogens with two attached hydrogens (primary N) is 1. The van der Waals surface area contributed by atoms with Crippen LogP contribution in [-0.4, -0.2) is 34.1 Å². The molecule has 1 heterocycles. The molecule has 3 rings (SSSR count). The zero-order valence-corrected chi connectivity index (χ0v) is 15.3. The van der Waals surface area contributed by atoms with E-state index >= 15 is 0 Å². The number of aliphatic hydroxyl groups excluding tert-OH is 1. The molecule has 5 heteroatoms. The standard InChI is InChI=1S/C22H26N2O3/c23-14-16-3-1-5-19(13-16)17-9-11-24(12-10-17)22(27)8-7-18-4-2-6-21(26)20(18)15-25/h1-8,13,17,25-26H,9-12,14-15,23H2. The summed E-state index contributed by atoms with van der Waals surface area (Å²) in [7, 11) is 0. The summed E-state index contributed by atoms with van der Waals surface area (Å²) in [5.74, 6) is 0.445. The Kier molecular flexibility index (Phi) is 6.27. The third-order valence-corrected chi connectivity index (χ3v) is 5.22. The number of amides is 1. The van der Waals surface area contributed by atoms with Crippen molar-refractivity contribution < 1.29 is 15.0 Å². The number of carbonyl (C=O) groups is 1.